The number of sulfonamides is 1. The number of benzene rings is 1. The minimum atomic E-state index is -4.83. The Kier molecular flexibility index (Phi) is 7.80. The van der Waals surface area contributed by atoms with E-state index in [1.807, 2.05) is 0 Å². The molecule has 1 amide bonds. The lowest BCUT2D eigenvalue weighted by Gasteiger charge is -2.31. The van der Waals surface area contributed by atoms with Crippen LogP contribution in [0.1, 0.15) is 41.5 Å². The van der Waals surface area contributed by atoms with Gasteiger partial charge in [-0.25, -0.2) is 13.2 Å². The van der Waals surface area contributed by atoms with E-state index >= 15 is 0 Å². The summed E-state index contributed by atoms with van der Waals surface area (Å²) in [5, 5.41) is 2.60. The summed E-state index contributed by atoms with van der Waals surface area (Å²) in [6.07, 6.45) is -4.00. The van der Waals surface area contributed by atoms with Crippen molar-refractivity contribution in [1.82, 2.24) is 9.29 Å². The summed E-state index contributed by atoms with van der Waals surface area (Å²) in [6, 6.07) is 4.64. The molecule has 9 nitrogen and oxygen atoms in total. The van der Waals surface area contributed by atoms with E-state index in [0.717, 1.165) is 12.1 Å². The number of aromatic nitrogens is 1. The van der Waals surface area contributed by atoms with Gasteiger partial charge < -0.3 is 19.8 Å². The number of alkyl halides is 3. The summed E-state index contributed by atoms with van der Waals surface area (Å²) in [7, 11) is -4.13. The molecular weight excluding hydrogens is 491 g/mol. The van der Waals surface area contributed by atoms with Gasteiger partial charge in [0.15, 0.2) is 0 Å². The number of rotatable bonds is 7. The van der Waals surface area contributed by atoms with Crippen LogP contribution in [0.2, 0.25) is 0 Å². The van der Waals surface area contributed by atoms with Crippen LogP contribution in [0.4, 0.5) is 18.9 Å². The highest BCUT2D eigenvalue weighted by Crippen LogP contribution is 2.31. The van der Waals surface area contributed by atoms with Gasteiger partial charge in [-0.15, -0.1) is 13.2 Å². The van der Waals surface area contributed by atoms with E-state index < -0.39 is 39.9 Å². The average Bonchev–Trinajstić information content (AvgIpc) is 3.08. The van der Waals surface area contributed by atoms with Gasteiger partial charge in [-0.2, -0.15) is 4.31 Å². The third kappa shape index (κ3) is 6.14. The van der Waals surface area contributed by atoms with E-state index in [9.17, 15) is 31.2 Å². The Morgan fingerprint density at radius 3 is 2.43 bits per heavy atom. The molecule has 0 unspecified atom stereocenters. The van der Waals surface area contributed by atoms with Crippen molar-refractivity contribution < 1.29 is 40.7 Å². The first kappa shape index (κ1) is 26.5. The summed E-state index contributed by atoms with van der Waals surface area (Å²) in [5.41, 5.74) is 0.838. The van der Waals surface area contributed by atoms with Gasteiger partial charge in [0.05, 0.1) is 12.5 Å². The van der Waals surface area contributed by atoms with Gasteiger partial charge in [0.2, 0.25) is 15.9 Å². The van der Waals surface area contributed by atoms with Gasteiger partial charge >= 0.3 is 12.3 Å². The molecule has 0 spiro atoms. The van der Waals surface area contributed by atoms with Crippen molar-refractivity contribution in [3.63, 3.8) is 0 Å². The molecule has 1 fully saturated rings. The van der Waals surface area contributed by atoms with Crippen LogP contribution in [-0.2, 0) is 19.6 Å². The summed E-state index contributed by atoms with van der Waals surface area (Å²) < 4.78 is 73.9. The van der Waals surface area contributed by atoms with E-state index in [2.05, 4.69) is 15.0 Å². The van der Waals surface area contributed by atoms with E-state index in [1.165, 1.54) is 16.4 Å². The number of aromatic amines is 1. The Labute approximate surface area is 200 Å². The van der Waals surface area contributed by atoms with Crippen LogP contribution in [0.5, 0.6) is 5.75 Å². The Morgan fingerprint density at radius 2 is 1.83 bits per heavy atom. The van der Waals surface area contributed by atoms with Gasteiger partial charge in [0.25, 0.3) is 0 Å². The summed E-state index contributed by atoms with van der Waals surface area (Å²) in [5.74, 6) is -2.35. The molecule has 1 aromatic heterocycles. The number of esters is 1. The smallest absolute Gasteiger partial charge is 0.462 e. The van der Waals surface area contributed by atoms with Crippen LogP contribution < -0.4 is 10.1 Å². The molecule has 3 rings (SSSR count). The second kappa shape index (κ2) is 10.3. The molecular formula is C22H26F3N3O6S. The fraction of sp³-hybridized carbons (Fsp3) is 0.455. The summed E-state index contributed by atoms with van der Waals surface area (Å²) in [6.45, 7) is 4.87. The fourth-order valence-electron chi connectivity index (χ4n) is 4.02. The largest absolute Gasteiger partial charge is 0.573 e. The minimum Gasteiger partial charge on any atom is -0.462 e. The molecule has 0 saturated carbocycles. The van der Waals surface area contributed by atoms with Crippen LogP contribution in [0.3, 0.4) is 0 Å². The molecule has 2 aromatic rings. The van der Waals surface area contributed by atoms with Crippen molar-refractivity contribution in [2.45, 2.75) is 44.9 Å². The first-order valence-electron chi connectivity index (χ1n) is 10.9. The van der Waals surface area contributed by atoms with E-state index in [-0.39, 0.29) is 35.8 Å². The maximum absolute atomic E-state index is 13.5. The maximum Gasteiger partial charge on any atom is 0.573 e. The second-order valence-electron chi connectivity index (χ2n) is 8.06. The standard InChI is InChI=1S/C22H26F3N3O6S/c1-4-33-21(30)18-13(2)26-14(3)19(18)35(31,32)28-11-5-6-15(12-28)20(29)27-16-7-9-17(10-8-16)34-22(23,24)25/h7-10,15,26H,4-6,11-12H2,1-3H3,(H,27,29)/t15-/m0/s1. The molecule has 0 aliphatic carbocycles. The third-order valence-electron chi connectivity index (χ3n) is 5.51. The molecule has 1 saturated heterocycles. The predicted molar refractivity (Wildman–Crippen MR) is 119 cm³/mol. The van der Waals surface area contributed by atoms with E-state index in [4.69, 9.17) is 4.74 Å². The van der Waals surface area contributed by atoms with Gasteiger partial charge in [0, 0.05) is 30.2 Å². The number of H-pyrrole nitrogens is 1. The number of amides is 1. The molecule has 13 heteroatoms. The molecule has 0 radical (unpaired) electrons. The molecule has 1 aliphatic heterocycles. The van der Waals surface area contributed by atoms with Crippen molar-refractivity contribution in [2.24, 2.45) is 5.92 Å². The SMILES string of the molecule is CCOC(=O)c1c(C)[nH]c(C)c1S(=O)(=O)N1CCC[C@H](C(=O)Nc2ccc(OC(F)(F)F)cc2)C1. The number of carbonyl (C=O) groups is 2. The topological polar surface area (TPSA) is 118 Å². The van der Waals surface area contributed by atoms with Crippen LogP contribution in [0.25, 0.3) is 0 Å². The first-order chi connectivity index (χ1) is 16.3. The van der Waals surface area contributed by atoms with Crippen molar-refractivity contribution >= 4 is 27.6 Å². The summed E-state index contributed by atoms with van der Waals surface area (Å²) in [4.78, 5) is 28.0. The van der Waals surface area contributed by atoms with Crippen molar-refractivity contribution in [1.29, 1.82) is 0 Å². The van der Waals surface area contributed by atoms with E-state index in [1.54, 1.807) is 20.8 Å². The Balaban J connectivity index is 1.76. The number of hydrogen-bond acceptors (Lipinski definition) is 6. The van der Waals surface area contributed by atoms with Crippen molar-refractivity contribution in [3.05, 3.63) is 41.2 Å². The Morgan fingerprint density at radius 1 is 1.17 bits per heavy atom. The van der Waals surface area contributed by atoms with Gasteiger partial charge in [-0.05, 0) is 57.9 Å². The average molecular weight is 518 g/mol. The quantitative estimate of drug-likeness (QED) is 0.541. The van der Waals surface area contributed by atoms with Gasteiger partial charge in [-0.1, -0.05) is 0 Å². The highest BCUT2D eigenvalue weighted by Gasteiger charge is 2.38. The number of aryl methyl sites for hydroxylation is 2. The molecule has 1 aliphatic rings. The molecule has 0 bridgehead atoms. The van der Waals surface area contributed by atoms with Gasteiger partial charge in [-0.3, -0.25) is 4.79 Å². The molecule has 1 atom stereocenters. The lowest BCUT2D eigenvalue weighted by molar-refractivity contribution is -0.274. The van der Waals surface area contributed by atoms with Crippen LogP contribution in [0, 0.1) is 19.8 Å². The van der Waals surface area contributed by atoms with E-state index in [0.29, 0.717) is 24.2 Å². The number of ether oxygens (including phenoxy) is 2. The van der Waals surface area contributed by atoms with Crippen LogP contribution >= 0.6 is 0 Å². The summed E-state index contributed by atoms with van der Waals surface area (Å²) >= 11 is 0. The number of halogens is 3. The van der Waals surface area contributed by atoms with Crippen molar-refractivity contribution in [2.75, 3.05) is 25.0 Å². The molecule has 2 heterocycles. The normalized spacial score (nSPS) is 17.1. The molecule has 35 heavy (non-hydrogen) atoms. The monoisotopic (exact) mass is 517 g/mol. The number of anilines is 1. The number of nitrogens with zero attached hydrogens (tertiary/aromatic N) is 1. The minimum absolute atomic E-state index is 0.0582. The first-order valence-corrected chi connectivity index (χ1v) is 12.3. The van der Waals surface area contributed by atoms with Gasteiger partial charge in [0.1, 0.15) is 16.2 Å². The zero-order valence-electron chi connectivity index (χ0n) is 19.4. The van der Waals surface area contributed by atoms with Crippen molar-refractivity contribution in [3.8, 4) is 5.75 Å². The number of carbonyl (C=O) groups excluding carboxylic acids is 2. The Bertz CT molecular complexity index is 1190. The van der Waals surface area contributed by atoms with Crippen LogP contribution in [-0.4, -0.2) is 55.6 Å². The lowest BCUT2D eigenvalue weighted by atomic mass is 9.99. The second-order valence-corrected chi connectivity index (χ2v) is 9.94. The highest BCUT2D eigenvalue weighted by molar-refractivity contribution is 7.89. The maximum atomic E-state index is 13.5. The lowest BCUT2D eigenvalue weighted by Crippen LogP contribution is -2.44. The number of hydrogen-bond donors (Lipinski definition) is 2. The zero-order chi connectivity index (χ0) is 26.0. The molecule has 2 N–H and O–H groups in total. The predicted octanol–water partition coefficient (Wildman–Crippen LogP) is 3.75. The Hall–Kier alpha value is -3.06. The third-order valence-corrected chi connectivity index (χ3v) is 7.54. The molecule has 1 aromatic carbocycles. The number of piperidine rings is 1. The zero-order valence-corrected chi connectivity index (χ0v) is 20.2. The molecule has 192 valence electrons. The fourth-order valence-corrected chi connectivity index (χ4v) is 5.95. The number of nitrogens with one attached hydrogen (secondary N) is 2. The van der Waals surface area contributed by atoms with Crippen LogP contribution in [0.15, 0.2) is 29.2 Å². The highest BCUT2D eigenvalue weighted by atomic mass is 32.2.